The van der Waals surface area contributed by atoms with Gasteiger partial charge in [0.05, 0.1) is 39.1 Å². The van der Waals surface area contributed by atoms with Gasteiger partial charge in [-0.05, 0) is 235 Å². The van der Waals surface area contributed by atoms with Crippen LogP contribution in [0.1, 0.15) is 39.8 Å². The van der Waals surface area contributed by atoms with Crippen molar-refractivity contribution >= 4 is 246 Å². The standard InChI is InChI=1S/C10H15NO2.C10H11NO2.2CH4S13.2CH4.4H2O/c2*1-3-13-10-6-8(7-11)4-5-9(10)12-2;2*1-11(2,3)13(7,8)14(9,10)12(4,5)6;;;;;;/h4-6H,3,7,11H2,1-2H3;4-6H,3H2,1-2H3;2*1H3,(H,4,5,6);2*1H4;4*1H2/i;;2*1+1;;;;;;. The van der Waals surface area contributed by atoms with Gasteiger partial charge in [0, 0.05) is 56.4 Å². The van der Waals surface area contributed by atoms with E-state index in [-0.39, 0.29) is 36.8 Å². The third-order valence-electron chi connectivity index (χ3n) is 5.11. The maximum absolute atomic E-state index is 8.65. The third kappa shape index (κ3) is 24.0. The van der Waals surface area contributed by atoms with E-state index in [9.17, 15) is 0 Å². The Hall–Kier alpha value is 3.95. The predicted octanol–water partition coefficient (Wildman–Crippen LogP) is 2.53. The van der Waals surface area contributed by atoms with Crippen molar-refractivity contribution in [1.82, 2.24) is 0 Å². The molecule has 0 radical (unpaired) electrons. The molecule has 0 amide bonds. The van der Waals surface area contributed by atoms with Gasteiger partial charge in [-0.15, -0.1) is 0 Å². The van der Waals surface area contributed by atoms with Gasteiger partial charge in [-0.25, -0.2) is 0 Å². The van der Waals surface area contributed by atoms with Gasteiger partial charge in [0.15, 0.2) is 23.0 Å². The van der Waals surface area contributed by atoms with Gasteiger partial charge >= 0.3 is 0 Å². The largest absolute Gasteiger partial charge is 0.493 e. The highest BCUT2D eigenvalue weighted by molar-refractivity contribution is 9.57. The Bertz CT molecular complexity index is 2340. The fourth-order valence-corrected chi connectivity index (χ4v) is 99.9. The topological polar surface area (TPSA) is 213 Å². The van der Waals surface area contributed by atoms with Gasteiger partial charge < -0.3 is 46.6 Å². The molecule has 2 aromatic carbocycles. The van der Waals surface area contributed by atoms with Crippen LogP contribution in [0.4, 0.5) is 0 Å². The smallest absolute Gasteiger partial charge is 0.162 e. The first-order valence-corrected chi connectivity index (χ1v) is 47.1. The first-order valence-electron chi connectivity index (χ1n) is 13.2. The summed E-state index contributed by atoms with van der Waals surface area (Å²) in [6, 6.07) is 12.8. The monoisotopic (exact) mass is 1330 g/mol. The fraction of sp³-hybridized carbons (Fsp3) is 0.458. The molecule has 0 aliphatic carbocycles. The minimum Gasteiger partial charge on any atom is -0.493 e. The third-order valence-corrected chi connectivity index (χ3v) is 124. The zero-order chi connectivity index (χ0) is 43.4. The van der Waals surface area contributed by atoms with E-state index in [0.717, 1.165) is 17.1 Å². The second-order valence-electron chi connectivity index (χ2n) is 8.93. The van der Waals surface area contributed by atoms with Crippen LogP contribution in [0.25, 0.3) is 0 Å². The van der Waals surface area contributed by atoms with Crippen LogP contribution in [0, 0.1) is 11.3 Å². The highest BCUT2D eigenvalue weighted by Gasteiger charge is 2.25. The lowest BCUT2D eigenvalue weighted by molar-refractivity contribution is 0.310. The molecular weight excluding hydrogens is 1280 g/mol. The lowest BCUT2D eigenvalue weighted by atomic mass is 10.2. The summed E-state index contributed by atoms with van der Waals surface area (Å²) in [5, 5.41) is -5.13. The molecule has 60 heavy (non-hydrogen) atoms. The predicted molar refractivity (Wildman–Crippen MR) is 335 cm³/mol. The Morgan fingerprint density at radius 1 is 0.550 bits per heavy atom. The second kappa shape index (κ2) is 34.3. The lowest BCUT2D eigenvalue weighted by Crippen LogP contribution is -2.21. The van der Waals surface area contributed by atoms with Gasteiger partial charge in [0.2, 0.25) is 0 Å². The van der Waals surface area contributed by atoms with Crippen molar-refractivity contribution in [2.24, 2.45) is 5.73 Å². The molecule has 0 fully saturated rings. The molecule has 0 aromatic heterocycles. The maximum atomic E-state index is 8.65. The molecule has 0 aliphatic rings. The van der Waals surface area contributed by atoms with Gasteiger partial charge in [-0.3, -0.25) is 0 Å². The van der Waals surface area contributed by atoms with Crippen LogP contribution in [-0.4, -0.2) is 61.8 Å². The molecule has 0 unspecified atom stereocenters. The zero-order valence-corrected chi connectivity index (χ0v) is 51.8. The Morgan fingerprint density at radius 2 is 0.850 bits per heavy atom. The summed E-state index contributed by atoms with van der Waals surface area (Å²) in [5.74, 6) is 2.77. The van der Waals surface area contributed by atoms with E-state index < -0.39 is 43.6 Å². The average molecular weight is 1330 g/mol. The molecule has 0 heterocycles. The Morgan fingerprint density at radius 3 is 1.07 bits per heavy atom. The van der Waals surface area contributed by atoms with E-state index in [1.807, 2.05) is 38.1 Å². The average Bonchev–Trinajstić information content (AvgIpc) is 3.03. The number of nitrogens with zero attached hydrogens (tertiary/aromatic N) is 1. The zero-order valence-electron chi connectivity index (χ0n) is 30.4. The maximum Gasteiger partial charge on any atom is 0.162 e. The summed E-state index contributed by atoms with van der Waals surface area (Å²) < 4.78 is 20.9. The van der Waals surface area contributed by atoms with Crippen LogP contribution in [0.2, 0.25) is 0 Å². The Balaban J connectivity index is -0.0000000969. The van der Waals surface area contributed by atoms with Gasteiger partial charge in [0.25, 0.3) is 0 Å². The molecule has 10 nitrogen and oxygen atoms in total. The number of nitriles is 1. The molecule has 0 saturated carbocycles. The minimum atomic E-state index is -2.35. The Labute approximate surface area is 442 Å². The van der Waals surface area contributed by atoms with E-state index in [2.05, 4.69) is 23.3 Å². The van der Waals surface area contributed by atoms with Crippen molar-refractivity contribution < 1.29 is 40.9 Å². The first-order chi connectivity index (χ1) is 24.1. The van der Waals surface area contributed by atoms with Crippen molar-refractivity contribution in [3.05, 3.63) is 47.5 Å². The summed E-state index contributed by atoms with van der Waals surface area (Å²) >= 11 is 90.9. The summed E-state index contributed by atoms with van der Waals surface area (Å²) in [7, 11) is 3.20. The number of hydrogen-bond donors (Lipinski definition) is 3. The summed E-state index contributed by atoms with van der Waals surface area (Å²) in [6.45, 7) is 5.53. The first kappa shape index (κ1) is 81.0. The van der Waals surface area contributed by atoms with Gasteiger partial charge in [0.1, 0.15) is 0 Å². The lowest BCUT2D eigenvalue weighted by Gasteiger charge is -2.20. The van der Waals surface area contributed by atoms with Crippen LogP contribution < -0.4 is 24.7 Å². The number of ether oxygens (including phenoxy) is 4. The van der Waals surface area contributed by atoms with Crippen LogP contribution in [0.5, 0.6) is 23.0 Å². The van der Waals surface area contributed by atoms with Crippen molar-refractivity contribution in [2.45, 2.75) is 35.2 Å². The van der Waals surface area contributed by atoms with Crippen LogP contribution in [-0.2, 0) is 229 Å². The molecule has 2 aromatic rings. The number of nitrogens with two attached hydrogens (primary N) is 1. The molecule has 10 N–H and O–H groups in total. The number of methoxy groups -OCH3 is 2. The van der Waals surface area contributed by atoms with Crippen molar-refractivity contribution in [1.29, 1.82) is 5.26 Å². The molecule has 0 aliphatic heterocycles. The minimum absolute atomic E-state index is 0. The highest BCUT2D eigenvalue weighted by atomic mass is 34.3. The summed E-state index contributed by atoms with van der Waals surface area (Å²) in [4.78, 5) is 0. The number of hydrogen-bond acceptors (Lipinski definition) is 22. The summed E-state index contributed by atoms with van der Waals surface area (Å²) in [6.07, 6.45) is -0.665. The highest BCUT2D eigenvalue weighted by Crippen LogP contribution is 2.29. The molecule has 36 heteroatoms. The molecule has 2 rings (SSSR count). The fourth-order valence-electron chi connectivity index (χ4n) is 2.64. The van der Waals surface area contributed by atoms with Gasteiger partial charge in [-0.2, -0.15) is 5.26 Å². The van der Waals surface area contributed by atoms with Gasteiger partial charge in [-0.1, -0.05) is 44.2 Å². The van der Waals surface area contributed by atoms with E-state index in [1.54, 1.807) is 44.9 Å². The van der Waals surface area contributed by atoms with E-state index in [0.29, 0.717) is 36.8 Å². The van der Waals surface area contributed by atoms with E-state index in [1.165, 1.54) is 0 Å². The Kier molecular flexibility index (Phi) is 46.3. The molecule has 0 saturated heterocycles. The molecule has 360 valence electrons. The number of benzene rings is 2. The van der Waals surface area contributed by atoms with E-state index >= 15 is 0 Å². The van der Waals surface area contributed by atoms with Crippen LogP contribution >= 0.6 is 23.3 Å². The van der Waals surface area contributed by atoms with Crippen molar-refractivity contribution in [3.63, 3.8) is 0 Å². The number of thiol groups is 2. The molecule has 0 atom stereocenters. The van der Waals surface area contributed by atoms with Crippen LogP contribution in [0.15, 0.2) is 36.4 Å². The van der Waals surface area contributed by atoms with Crippen molar-refractivity contribution in [2.75, 3.05) is 39.9 Å². The van der Waals surface area contributed by atoms with Crippen LogP contribution in [0.3, 0.4) is 0 Å². The molecule has 0 spiro atoms. The number of rotatable bonds is 13. The molecule has 0 bridgehead atoms. The quantitative estimate of drug-likeness (QED) is 0.149. The SMILES string of the molecule is C.C.CCOc1cc(C#N)ccc1OC.CCOc1cc(CN)ccc1OC.O.O.O.O.[13CH3]S(=S)(=S)S(=S)(=S)S(=S)(=S)S(=S)(=S)S.[13CH3]S(=S)(=S)S(=S)(=S)S(=S)(=S)S(=S)(=S)S. The summed E-state index contributed by atoms with van der Waals surface area (Å²) in [5.41, 5.74) is 7.13. The van der Waals surface area contributed by atoms with E-state index in [4.69, 9.17) is 209 Å². The molecular formula is C24H50N2O8S26. The normalized spacial score (nSPS) is 11.2. The van der Waals surface area contributed by atoms with Crippen molar-refractivity contribution in [3.8, 4) is 29.1 Å². The second-order valence-corrected chi connectivity index (χ2v) is 92.2.